The molecule has 0 saturated carbocycles. The van der Waals surface area contributed by atoms with E-state index in [4.69, 9.17) is 0 Å². The fraction of sp³-hybridized carbons (Fsp3) is 0. The first kappa shape index (κ1) is 29.6. The summed E-state index contributed by atoms with van der Waals surface area (Å²) in [7, 11) is 0. The largest absolute Gasteiger partial charge is 3.00 e. The van der Waals surface area contributed by atoms with E-state index in [2.05, 4.69) is 0 Å². The normalized spacial score (nSPS) is 9.90. The summed E-state index contributed by atoms with van der Waals surface area (Å²) in [5.74, 6) is -3.40. The third kappa shape index (κ3) is 7.54. The van der Waals surface area contributed by atoms with Gasteiger partial charge in [0.1, 0.15) is 0 Å². The van der Waals surface area contributed by atoms with Crippen molar-refractivity contribution in [2.24, 2.45) is 0 Å². The molecule has 0 amide bonds. The molecular formula is C33H21FeO6. The standard InChI is InChI=1S/3C11H8O2.Fe/c3*12-11(13)10-6-5-8-3-1-2-4-9(8)7-10;/h3*1-7H,(H,12,13);/q;;;+3/p-3. The number of aromatic carboxylic acids is 3. The molecule has 0 spiro atoms. The summed E-state index contributed by atoms with van der Waals surface area (Å²) in [4.78, 5) is 31.6. The third-order valence-corrected chi connectivity index (χ3v) is 5.96. The average Bonchev–Trinajstić information content (AvgIpc) is 2.97. The first-order chi connectivity index (χ1) is 18.8. The molecule has 6 nitrogen and oxygen atoms in total. The molecule has 0 aliphatic rings. The Labute approximate surface area is 240 Å². The van der Waals surface area contributed by atoms with Crippen LogP contribution in [0, 0.1) is 0 Å². The molecule has 0 aliphatic carbocycles. The Morgan fingerprint density at radius 2 is 0.575 bits per heavy atom. The number of carboxylic acid groups (broad SMARTS) is 3. The van der Waals surface area contributed by atoms with Crippen molar-refractivity contribution in [1.29, 1.82) is 0 Å². The molecule has 0 aromatic heterocycles. The fourth-order valence-corrected chi connectivity index (χ4v) is 3.95. The molecule has 0 heterocycles. The minimum absolute atomic E-state index is 0. The average molecular weight is 569 g/mol. The van der Waals surface area contributed by atoms with E-state index in [1.165, 1.54) is 0 Å². The molecule has 0 atom stereocenters. The smallest absolute Gasteiger partial charge is 0.545 e. The van der Waals surface area contributed by atoms with Crippen molar-refractivity contribution in [3.63, 3.8) is 0 Å². The Kier molecular flexibility index (Phi) is 10.1. The second-order valence-electron chi connectivity index (χ2n) is 8.55. The maximum Gasteiger partial charge on any atom is 3.00 e. The minimum atomic E-state index is -1.13. The molecular weight excluding hydrogens is 548 g/mol. The molecule has 197 valence electrons. The Hall–Kier alpha value is -4.97. The Bertz CT molecular complexity index is 1600. The molecule has 0 bridgehead atoms. The number of carbonyl (C=O) groups excluding carboxylic acids is 3. The summed E-state index contributed by atoms with van der Waals surface area (Å²) in [5, 5.41) is 37.5. The Morgan fingerprint density at radius 3 is 0.800 bits per heavy atom. The van der Waals surface area contributed by atoms with E-state index in [9.17, 15) is 29.7 Å². The van der Waals surface area contributed by atoms with Crippen molar-refractivity contribution >= 4 is 50.2 Å². The van der Waals surface area contributed by atoms with Gasteiger partial charge < -0.3 is 29.7 Å². The van der Waals surface area contributed by atoms with Gasteiger partial charge in [-0.1, -0.05) is 109 Å². The predicted molar refractivity (Wildman–Crippen MR) is 145 cm³/mol. The van der Waals surface area contributed by atoms with Gasteiger partial charge >= 0.3 is 17.1 Å². The van der Waals surface area contributed by atoms with Crippen LogP contribution in [-0.2, 0) is 17.1 Å². The molecule has 0 saturated heterocycles. The second-order valence-corrected chi connectivity index (χ2v) is 8.55. The molecule has 6 rings (SSSR count). The molecule has 40 heavy (non-hydrogen) atoms. The first-order valence-corrected chi connectivity index (χ1v) is 11.9. The van der Waals surface area contributed by atoms with Crippen LogP contribution in [0.1, 0.15) is 31.1 Å². The van der Waals surface area contributed by atoms with Crippen LogP contribution >= 0.6 is 0 Å². The SMILES string of the molecule is O=C([O-])c1ccc2ccccc2c1.O=C([O-])c1ccc2ccccc2c1.O=C([O-])c1ccc2ccccc2c1.[Fe+3]. The van der Waals surface area contributed by atoms with Crippen molar-refractivity contribution in [1.82, 2.24) is 0 Å². The van der Waals surface area contributed by atoms with E-state index in [1.807, 2.05) is 72.8 Å². The molecule has 0 N–H and O–H groups in total. The summed E-state index contributed by atoms with van der Waals surface area (Å²) in [6.45, 7) is 0. The van der Waals surface area contributed by atoms with Gasteiger partial charge in [0.15, 0.2) is 0 Å². The van der Waals surface area contributed by atoms with Gasteiger partial charge in [-0.25, -0.2) is 0 Å². The topological polar surface area (TPSA) is 120 Å². The van der Waals surface area contributed by atoms with E-state index < -0.39 is 17.9 Å². The molecule has 0 unspecified atom stereocenters. The monoisotopic (exact) mass is 569 g/mol. The second kappa shape index (κ2) is 13.7. The maximum atomic E-state index is 10.5. The zero-order valence-corrected chi connectivity index (χ0v) is 22.0. The van der Waals surface area contributed by atoms with Crippen molar-refractivity contribution in [3.8, 4) is 0 Å². The molecule has 7 heteroatoms. The summed E-state index contributed by atoms with van der Waals surface area (Å²) in [5.41, 5.74) is 0.663. The number of carbonyl (C=O) groups is 3. The summed E-state index contributed by atoms with van der Waals surface area (Å²) in [6.07, 6.45) is 0. The van der Waals surface area contributed by atoms with Gasteiger partial charge in [0.05, 0.1) is 17.9 Å². The van der Waals surface area contributed by atoms with Gasteiger partial charge in [0, 0.05) is 0 Å². The van der Waals surface area contributed by atoms with Gasteiger partial charge in [-0.15, -0.1) is 0 Å². The number of fused-ring (bicyclic) bond motifs is 3. The van der Waals surface area contributed by atoms with Crippen LogP contribution in [0.15, 0.2) is 127 Å². The predicted octanol–water partition coefficient (Wildman–Crippen LogP) is 3.61. The van der Waals surface area contributed by atoms with Crippen LogP contribution in [0.4, 0.5) is 0 Å². The van der Waals surface area contributed by atoms with E-state index in [0.717, 1.165) is 32.3 Å². The van der Waals surface area contributed by atoms with Crippen molar-refractivity contribution in [2.75, 3.05) is 0 Å². The van der Waals surface area contributed by atoms with Crippen molar-refractivity contribution in [2.45, 2.75) is 0 Å². The summed E-state index contributed by atoms with van der Waals surface area (Å²) in [6, 6.07) is 37.7. The maximum absolute atomic E-state index is 10.5. The molecule has 6 aromatic carbocycles. The van der Waals surface area contributed by atoms with Crippen LogP contribution in [0.3, 0.4) is 0 Å². The number of hydrogen-bond acceptors (Lipinski definition) is 6. The fourth-order valence-electron chi connectivity index (χ4n) is 3.95. The zero-order chi connectivity index (χ0) is 27.8. The number of hydrogen-bond donors (Lipinski definition) is 0. The molecule has 1 radical (unpaired) electrons. The first-order valence-electron chi connectivity index (χ1n) is 11.9. The van der Waals surface area contributed by atoms with Crippen LogP contribution in [-0.4, -0.2) is 17.9 Å². The molecule has 0 fully saturated rings. The zero-order valence-electron chi connectivity index (χ0n) is 20.9. The molecule has 6 aromatic rings. The van der Waals surface area contributed by atoms with E-state index in [-0.39, 0.29) is 33.8 Å². The van der Waals surface area contributed by atoms with Crippen molar-refractivity contribution in [3.05, 3.63) is 144 Å². The summed E-state index contributed by atoms with van der Waals surface area (Å²) >= 11 is 0. The summed E-state index contributed by atoms with van der Waals surface area (Å²) < 4.78 is 0. The van der Waals surface area contributed by atoms with Gasteiger partial charge in [0.2, 0.25) is 0 Å². The van der Waals surface area contributed by atoms with Crippen LogP contribution in [0.5, 0.6) is 0 Å². The Morgan fingerprint density at radius 1 is 0.350 bits per heavy atom. The minimum Gasteiger partial charge on any atom is -0.545 e. The van der Waals surface area contributed by atoms with Gasteiger partial charge in [-0.3, -0.25) is 0 Å². The van der Waals surface area contributed by atoms with E-state index >= 15 is 0 Å². The number of rotatable bonds is 3. The van der Waals surface area contributed by atoms with Gasteiger partial charge in [0.25, 0.3) is 0 Å². The van der Waals surface area contributed by atoms with Gasteiger partial charge in [-0.05, 0) is 67.2 Å². The number of carboxylic acids is 3. The quantitative estimate of drug-likeness (QED) is 0.301. The van der Waals surface area contributed by atoms with E-state index in [1.54, 1.807) is 54.6 Å². The van der Waals surface area contributed by atoms with Crippen LogP contribution < -0.4 is 15.3 Å². The van der Waals surface area contributed by atoms with Gasteiger partial charge in [-0.2, -0.15) is 0 Å². The van der Waals surface area contributed by atoms with E-state index in [0.29, 0.717) is 0 Å². The third-order valence-electron chi connectivity index (χ3n) is 5.96. The Balaban J connectivity index is 0.000000163. The van der Waals surface area contributed by atoms with Crippen LogP contribution in [0.25, 0.3) is 32.3 Å². The molecule has 0 aliphatic heterocycles. The number of benzene rings is 6. The van der Waals surface area contributed by atoms with Crippen molar-refractivity contribution < 1.29 is 46.8 Å². The van der Waals surface area contributed by atoms with Crippen LogP contribution in [0.2, 0.25) is 0 Å².